The van der Waals surface area contributed by atoms with Gasteiger partial charge in [-0.05, 0) is 87.6 Å². The molecule has 1 heterocycles. The third kappa shape index (κ3) is 3.67. The maximum Gasteiger partial charge on any atom is 0.410 e. The Bertz CT molecular complexity index is 1130. The summed E-state index contributed by atoms with van der Waals surface area (Å²) in [5.74, 6) is -0.497. The van der Waals surface area contributed by atoms with Crippen molar-refractivity contribution in [2.75, 3.05) is 6.54 Å². The van der Waals surface area contributed by atoms with Gasteiger partial charge in [0, 0.05) is 11.0 Å². The van der Waals surface area contributed by atoms with E-state index in [2.05, 4.69) is 15.9 Å². The number of carbonyl (C=O) groups excluding carboxylic acids is 1. The van der Waals surface area contributed by atoms with Crippen molar-refractivity contribution >= 4 is 31.9 Å². The molecular weight excluding hydrogens is 485 g/mol. The fourth-order valence-corrected chi connectivity index (χ4v) is 7.63. The highest BCUT2D eigenvalue weighted by Crippen LogP contribution is 2.53. The number of nitrogens with zero attached hydrogens (tertiary/aromatic N) is 1. The number of fused-ring (bicyclic) bond motifs is 3. The van der Waals surface area contributed by atoms with Gasteiger partial charge in [0.25, 0.3) is 0 Å². The van der Waals surface area contributed by atoms with E-state index < -0.39 is 38.1 Å². The zero-order chi connectivity index (χ0) is 22.6. The van der Waals surface area contributed by atoms with Crippen molar-refractivity contribution in [1.29, 1.82) is 0 Å². The molecule has 1 fully saturated rings. The standard InChI is InChI=1S/C23H25BrFNO4S/c1-22(2,3)30-21(27)26-13-12-23(31(28,29)18-8-6-17(25)7-9-18)19-10-5-16(24)14-15(19)4-11-20(23)26/h5-10,14,20H,4,11-13H2,1-3H3/t20?,23-/m1/s1. The topological polar surface area (TPSA) is 63.7 Å². The number of hydrogen-bond donors (Lipinski definition) is 0. The number of ether oxygens (including phenoxy) is 1. The Morgan fingerprint density at radius 1 is 1.19 bits per heavy atom. The molecule has 2 aromatic carbocycles. The van der Waals surface area contributed by atoms with E-state index in [9.17, 15) is 17.6 Å². The lowest BCUT2D eigenvalue weighted by Gasteiger charge is -2.42. The van der Waals surface area contributed by atoms with Crippen molar-refractivity contribution in [3.63, 3.8) is 0 Å². The van der Waals surface area contributed by atoms with E-state index in [4.69, 9.17) is 4.74 Å². The van der Waals surface area contributed by atoms with Crippen LogP contribution in [0.1, 0.15) is 44.7 Å². The predicted octanol–water partition coefficient (Wildman–Crippen LogP) is 5.21. The highest BCUT2D eigenvalue weighted by Gasteiger charge is 2.61. The minimum Gasteiger partial charge on any atom is -0.444 e. The van der Waals surface area contributed by atoms with Gasteiger partial charge in [-0.15, -0.1) is 0 Å². The van der Waals surface area contributed by atoms with Gasteiger partial charge in [-0.2, -0.15) is 0 Å². The molecule has 1 amide bonds. The Labute approximate surface area is 190 Å². The largest absolute Gasteiger partial charge is 0.444 e. The maximum atomic E-state index is 14.1. The molecule has 166 valence electrons. The molecule has 2 aliphatic rings. The fraction of sp³-hybridized carbons (Fsp3) is 0.435. The van der Waals surface area contributed by atoms with E-state index in [-0.39, 0.29) is 17.9 Å². The SMILES string of the molecule is CC(C)(C)OC(=O)N1CC[C@@]2(S(=O)(=O)c3ccc(F)cc3)c3ccc(Br)cc3CCC12. The molecule has 1 aliphatic heterocycles. The second-order valence-corrected chi connectivity index (χ2v) is 12.2. The van der Waals surface area contributed by atoms with Gasteiger partial charge in [-0.1, -0.05) is 22.0 Å². The molecule has 0 N–H and O–H groups in total. The summed E-state index contributed by atoms with van der Waals surface area (Å²) in [7, 11) is -3.94. The van der Waals surface area contributed by atoms with E-state index in [1.807, 2.05) is 18.2 Å². The fourth-order valence-electron chi connectivity index (χ4n) is 4.86. The number of sulfone groups is 1. The lowest BCUT2D eigenvalue weighted by molar-refractivity contribution is 0.0202. The van der Waals surface area contributed by atoms with Crippen molar-refractivity contribution < 1.29 is 22.3 Å². The first-order chi connectivity index (χ1) is 14.5. The van der Waals surface area contributed by atoms with Crippen LogP contribution in [-0.4, -0.2) is 37.6 Å². The predicted molar refractivity (Wildman–Crippen MR) is 119 cm³/mol. The summed E-state index contributed by atoms with van der Waals surface area (Å²) in [6.07, 6.45) is 0.905. The van der Waals surface area contributed by atoms with E-state index in [0.29, 0.717) is 18.4 Å². The third-order valence-electron chi connectivity index (χ3n) is 6.08. The van der Waals surface area contributed by atoms with Gasteiger partial charge < -0.3 is 9.64 Å². The van der Waals surface area contributed by atoms with Crippen LogP contribution in [0.3, 0.4) is 0 Å². The number of carbonyl (C=O) groups is 1. The molecule has 0 radical (unpaired) electrons. The van der Waals surface area contributed by atoms with Gasteiger partial charge in [-0.3, -0.25) is 0 Å². The Morgan fingerprint density at radius 2 is 1.87 bits per heavy atom. The molecule has 31 heavy (non-hydrogen) atoms. The number of hydrogen-bond acceptors (Lipinski definition) is 4. The smallest absolute Gasteiger partial charge is 0.410 e. The number of likely N-dealkylation sites (tertiary alicyclic amines) is 1. The molecule has 0 saturated carbocycles. The average Bonchev–Trinajstić information content (AvgIpc) is 3.08. The molecule has 0 spiro atoms. The normalized spacial score (nSPS) is 23.3. The van der Waals surface area contributed by atoms with Crippen LogP contribution in [-0.2, 0) is 25.7 Å². The molecule has 0 bridgehead atoms. The summed E-state index contributed by atoms with van der Waals surface area (Å²) in [6, 6.07) is 9.98. The van der Waals surface area contributed by atoms with Crippen molar-refractivity contribution in [3.8, 4) is 0 Å². The minimum absolute atomic E-state index is 0.0562. The summed E-state index contributed by atoms with van der Waals surface area (Å²) in [5, 5.41) is 0. The monoisotopic (exact) mass is 509 g/mol. The molecule has 1 saturated heterocycles. The zero-order valence-corrected chi connectivity index (χ0v) is 20.1. The van der Waals surface area contributed by atoms with Crippen molar-refractivity contribution in [1.82, 2.24) is 4.90 Å². The van der Waals surface area contributed by atoms with Gasteiger partial charge >= 0.3 is 6.09 Å². The van der Waals surface area contributed by atoms with Crippen molar-refractivity contribution in [3.05, 3.63) is 63.9 Å². The number of rotatable bonds is 2. The molecule has 5 nitrogen and oxygen atoms in total. The van der Waals surface area contributed by atoms with Crippen LogP contribution >= 0.6 is 15.9 Å². The van der Waals surface area contributed by atoms with Gasteiger partial charge in [-0.25, -0.2) is 17.6 Å². The summed E-state index contributed by atoms with van der Waals surface area (Å²) in [4.78, 5) is 14.6. The Hall–Kier alpha value is -1.93. The number of benzene rings is 2. The molecule has 4 rings (SSSR count). The molecule has 0 aromatic heterocycles. The summed E-state index contributed by atoms with van der Waals surface area (Å²) in [5.41, 5.74) is 0.972. The molecule has 1 unspecified atom stereocenters. The third-order valence-corrected chi connectivity index (χ3v) is 9.12. The van der Waals surface area contributed by atoms with Crippen molar-refractivity contribution in [2.45, 2.75) is 61.3 Å². The number of halogens is 2. The Balaban J connectivity index is 1.88. The number of aryl methyl sites for hydroxylation is 1. The molecule has 8 heteroatoms. The van der Waals surface area contributed by atoms with Gasteiger partial charge in [0.2, 0.25) is 0 Å². The maximum absolute atomic E-state index is 14.1. The molecule has 1 aliphatic carbocycles. The lowest BCUT2D eigenvalue weighted by atomic mass is 9.78. The first-order valence-corrected chi connectivity index (χ1v) is 12.5. The highest BCUT2D eigenvalue weighted by molar-refractivity contribution is 9.10. The Morgan fingerprint density at radius 3 is 2.52 bits per heavy atom. The second kappa shape index (κ2) is 7.59. The quantitative estimate of drug-likeness (QED) is 0.521. The van der Waals surface area contributed by atoms with Gasteiger partial charge in [0.1, 0.15) is 16.2 Å². The van der Waals surface area contributed by atoms with Crippen LogP contribution in [0, 0.1) is 5.82 Å². The van der Waals surface area contributed by atoms with Crippen LogP contribution in [0.2, 0.25) is 0 Å². The highest BCUT2D eigenvalue weighted by atomic mass is 79.9. The van der Waals surface area contributed by atoms with Crippen LogP contribution < -0.4 is 0 Å². The van der Waals surface area contributed by atoms with E-state index in [1.54, 1.807) is 25.7 Å². The van der Waals surface area contributed by atoms with Crippen molar-refractivity contribution in [2.24, 2.45) is 0 Å². The minimum atomic E-state index is -3.94. The van der Waals surface area contributed by atoms with Gasteiger partial charge in [0.15, 0.2) is 9.84 Å². The van der Waals surface area contributed by atoms with E-state index in [1.165, 1.54) is 12.1 Å². The Kier molecular flexibility index (Phi) is 5.45. The molecule has 2 aromatic rings. The van der Waals surface area contributed by atoms with Crippen LogP contribution in [0.4, 0.5) is 9.18 Å². The molecule has 2 atom stereocenters. The lowest BCUT2D eigenvalue weighted by Crippen LogP contribution is -2.52. The first-order valence-electron chi connectivity index (χ1n) is 10.2. The first kappa shape index (κ1) is 22.3. The van der Waals surface area contributed by atoms with Gasteiger partial charge in [0.05, 0.1) is 10.9 Å². The summed E-state index contributed by atoms with van der Waals surface area (Å²) < 4.78 is 46.9. The molecular formula is C23H25BrFNO4S. The average molecular weight is 510 g/mol. The number of amides is 1. The second-order valence-electron chi connectivity index (χ2n) is 9.13. The summed E-state index contributed by atoms with van der Waals surface area (Å²) in [6.45, 7) is 5.64. The summed E-state index contributed by atoms with van der Waals surface area (Å²) >= 11 is 3.48. The van der Waals surface area contributed by atoms with E-state index >= 15 is 0 Å². The van der Waals surface area contributed by atoms with Crippen LogP contribution in [0.15, 0.2) is 51.8 Å². The zero-order valence-electron chi connectivity index (χ0n) is 17.7. The van der Waals surface area contributed by atoms with E-state index in [0.717, 1.165) is 22.2 Å². The van der Waals surface area contributed by atoms with Crippen LogP contribution in [0.5, 0.6) is 0 Å². The van der Waals surface area contributed by atoms with Crippen LogP contribution in [0.25, 0.3) is 0 Å².